The summed E-state index contributed by atoms with van der Waals surface area (Å²) < 4.78 is 26.9. The second-order valence-electron chi connectivity index (χ2n) is 3.99. The normalized spacial score (nSPS) is 11.5. The predicted octanol–water partition coefficient (Wildman–Crippen LogP) is 1.15. The number of aryl methyl sites for hydroxylation is 1. The van der Waals surface area contributed by atoms with Crippen LogP contribution in [0.25, 0.3) is 0 Å². The van der Waals surface area contributed by atoms with Crippen LogP contribution in [0.1, 0.15) is 16.7 Å². The summed E-state index contributed by atoms with van der Waals surface area (Å²) in [5.74, 6) is -0.0358. The number of nitrogens with one attached hydrogen (secondary N) is 2. The van der Waals surface area contributed by atoms with Gasteiger partial charge in [-0.1, -0.05) is 6.92 Å². The standard InChI is InChI=1S/C11H15N5O2S2/c1-3-12-7-9-6-10(8(2)19-9)20(17,18)16-11-13-4-5-14-15-11/h4-6,12H,3,7H2,1-2H3,(H,13,15,16). The summed E-state index contributed by atoms with van der Waals surface area (Å²) in [6, 6.07) is 1.67. The lowest BCUT2D eigenvalue weighted by molar-refractivity contribution is 0.600. The molecular weight excluding hydrogens is 298 g/mol. The van der Waals surface area contributed by atoms with Crippen LogP contribution in [0.5, 0.6) is 0 Å². The van der Waals surface area contributed by atoms with E-state index >= 15 is 0 Å². The van der Waals surface area contributed by atoms with Gasteiger partial charge < -0.3 is 5.32 Å². The maximum atomic E-state index is 12.3. The molecular formula is C11H15N5O2S2. The van der Waals surface area contributed by atoms with Crippen LogP contribution >= 0.6 is 11.3 Å². The molecule has 2 rings (SSSR count). The average Bonchev–Trinajstić information content (AvgIpc) is 2.79. The molecule has 20 heavy (non-hydrogen) atoms. The Morgan fingerprint density at radius 1 is 1.35 bits per heavy atom. The molecule has 0 fully saturated rings. The number of rotatable bonds is 6. The number of sulfonamides is 1. The highest BCUT2D eigenvalue weighted by atomic mass is 32.2. The number of hydrogen-bond acceptors (Lipinski definition) is 7. The Hall–Kier alpha value is -1.58. The summed E-state index contributed by atoms with van der Waals surface area (Å²) in [7, 11) is -3.68. The molecule has 9 heteroatoms. The topological polar surface area (TPSA) is 96.9 Å². The van der Waals surface area contributed by atoms with E-state index in [-0.39, 0.29) is 10.8 Å². The fraction of sp³-hybridized carbons (Fsp3) is 0.364. The van der Waals surface area contributed by atoms with E-state index in [9.17, 15) is 8.42 Å². The summed E-state index contributed by atoms with van der Waals surface area (Å²) in [6.45, 7) is 5.26. The Balaban J connectivity index is 2.23. The molecule has 0 saturated heterocycles. The van der Waals surface area contributed by atoms with Crippen LogP contribution in [0.4, 0.5) is 5.95 Å². The summed E-state index contributed by atoms with van der Waals surface area (Å²) in [5, 5.41) is 10.4. The first kappa shape index (κ1) is 14.8. The maximum absolute atomic E-state index is 12.3. The van der Waals surface area contributed by atoms with E-state index in [2.05, 4.69) is 25.2 Å². The van der Waals surface area contributed by atoms with Gasteiger partial charge in [-0.2, -0.15) is 5.10 Å². The SMILES string of the molecule is CCNCc1cc(S(=O)(=O)Nc2nccnn2)c(C)s1. The number of hydrogen-bond donors (Lipinski definition) is 2. The van der Waals surface area contributed by atoms with Gasteiger partial charge in [0.1, 0.15) is 4.90 Å². The van der Waals surface area contributed by atoms with Crippen molar-refractivity contribution in [3.05, 3.63) is 28.2 Å². The number of anilines is 1. The van der Waals surface area contributed by atoms with Gasteiger partial charge in [0, 0.05) is 16.3 Å². The summed E-state index contributed by atoms with van der Waals surface area (Å²) in [6.07, 6.45) is 2.75. The van der Waals surface area contributed by atoms with Crippen molar-refractivity contribution in [1.29, 1.82) is 0 Å². The van der Waals surface area contributed by atoms with Crippen molar-refractivity contribution in [2.45, 2.75) is 25.3 Å². The Kier molecular flexibility index (Phi) is 4.63. The van der Waals surface area contributed by atoms with Crippen LogP contribution in [0.2, 0.25) is 0 Å². The molecule has 108 valence electrons. The van der Waals surface area contributed by atoms with E-state index in [0.717, 1.165) is 16.3 Å². The van der Waals surface area contributed by atoms with E-state index in [1.54, 1.807) is 13.0 Å². The Bertz CT molecular complexity index is 669. The zero-order valence-electron chi connectivity index (χ0n) is 11.1. The van der Waals surface area contributed by atoms with Crippen molar-refractivity contribution in [2.75, 3.05) is 11.3 Å². The minimum atomic E-state index is -3.68. The van der Waals surface area contributed by atoms with Crippen LogP contribution in [0, 0.1) is 6.92 Å². The predicted molar refractivity (Wildman–Crippen MR) is 77.1 cm³/mol. The molecule has 0 aliphatic rings. The van der Waals surface area contributed by atoms with Crippen molar-refractivity contribution in [3.8, 4) is 0 Å². The quantitative estimate of drug-likeness (QED) is 0.830. The molecule has 0 saturated carbocycles. The van der Waals surface area contributed by atoms with Gasteiger partial charge in [0.15, 0.2) is 0 Å². The lowest BCUT2D eigenvalue weighted by Gasteiger charge is -2.04. The highest BCUT2D eigenvalue weighted by Gasteiger charge is 2.21. The third-order valence-electron chi connectivity index (χ3n) is 2.47. The van der Waals surface area contributed by atoms with Crippen LogP contribution in [-0.2, 0) is 16.6 Å². The number of thiophene rings is 1. The van der Waals surface area contributed by atoms with Gasteiger partial charge >= 0.3 is 0 Å². The Morgan fingerprint density at radius 3 is 2.80 bits per heavy atom. The molecule has 0 aromatic carbocycles. The van der Waals surface area contributed by atoms with Crippen molar-refractivity contribution in [1.82, 2.24) is 20.5 Å². The zero-order chi connectivity index (χ0) is 14.6. The molecule has 0 radical (unpaired) electrons. The molecule has 0 amide bonds. The lowest BCUT2D eigenvalue weighted by Crippen LogP contribution is -2.15. The molecule has 0 aliphatic carbocycles. The van der Waals surface area contributed by atoms with Gasteiger partial charge in [-0.25, -0.2) is 18.1 Å². The highest BCUT2D eigenvalue weighted by molar-refractivity contribution is 7.92. The molecule has 0 atom stereocenters. The first-order chi connectivity index (χ1) is 9.53. The van der Waals surface area contributed by atoms with E-state index in [1.165, 1.54) is 23.7 Å². The highest BCUT2D eigenvalue weighted by Crippen LogP contribution is 2.26. The molecule has 2 N–H and O–H groups in total. The molecule has 0 aliphatic heterocycles. The van der Waals surface area contributed by atoms with Crippen LogP contribution < -0.4 is 10.0 Å². The average molecular weight is 313 g/mol. The van der Waals surface area contributed by atoms with Crippen molar-refractivity contribution >= 4 is 27.3 Å². The summed E-state index contributed by atoms with van der Waals surface area (Å²) >= 11 is 1.45. The van der Waals surface area contributed by atoms with E-state index in [4.69, 9.17) is 0 Å². The van der Waals surface area contributed by atoms with Crippen LogP contribution in [0.15, 0.2) is 23.4 Å². The monoisotopic (exact) mass is 313 g/mol. The van der Waals surface area contributed by atoms with Crippen LogP contribution in [0.3, 0.4) is 0 Å². The first-order valence-corrected chi connectivity index (χ1v) is 8.29. The Labute approximate surface area is 121 Å². The minimum Gasteiger partial charge on any atom is -0.312 e. The summed E-state index contributed by atoms with van der Waals surface area (Å²) in [5.41, 5.74) is 0. The largest absolute Gasteiger partial charge is 0.312 e. The zero-order valence-corrected chi connectivity index (χ0v) is 12.8. The molecule has 7 nitrogen and oxygen atoms in total. The molecule has 2 heterocycles. The van der Waals surface area contributed by atoms with Gasteiger partial charge in [-0.15, -0.1) is 16.4 Å². The van der Waals surface area contributed by atoms with Gasteiger partial charge in [-0.05, 0) is 19.5 Å². The lowest BCUT2D eigenvalue weighted by atomic mass is 10.4. The molecule has 2 aromatic rings. The molecule has 2 aromatic heterocycles. The number of aromatic nitrogens is 3. The second kappa shape index (κ2) is 6.25. The van der Waals surface area contributed by atoms with Gasteiger partial charge in [0.2, 0.25) is 0 Å². The van der Waals surface area contributed by atoms with Gasteiger partial charge in [-0.3, -0.25) is 0 Å². The van der Waals surface area contributed by atoms with E-state index in [1.807, 2.05) is 6.92 Å². The van der Waals surface area contributed by atoms with Crippen molar-refractivity contribution in [3.63, 3.8) is 0 Å². The third-order valence-corrected chi connectivity index (χ3v) is 5.10. The number of nitrogens with zero attached hydrogens (tertiary/aromatic N) is 3. The molecule has 0 spiro atoms. The fourth-order valence-electron chi connectivity index (χ4n) is 1.60. The Morgan fingerprint density at radius 2 is 2.15 bits per heavy atom. The van der Waals surface area contributed by atoms with Gasteiger partial charge in [0.05, 0.1) is 12.4 Å². The minimum absolute atomic E-state index is 0.0358. The van der Waals surface area contributed by atoms with E-state index < -0.39 is 10.0 Å². The van der Waals surface area contributed by atoms with Crippen molar-refractivity contribution in [2.24, 2.45) is 0 Å². The molecule has 0 bridgehead atoms. The maximum Gasteiger partial charge on any atom is 0.265 e. The third kappa shape index (κ3) is 3.50. The fourth-order valence-corrected chi connectivity index (χ4v) is 4.15. The van der Waals surface area contributed by atoms with Gasteiger partial charge in [0.25, 0.3) is 16.0 Å². The van der Waals surface area contributed by atoms with Crippen molar-refractivity contribution < 1.29 is 8.42 Å². The second-order valence-corrected chi connectivity index (χ2v) is 6.98. The summed E-state index contributed by atoms with van der Waals surface area (Å²) in [4.78, 5) is 5.76. The van der Waals surface area contributed by atoms with E-state index in [0.29, 0.717) is 6.54 Å². The molecule has 0 unspecified atom stereocenters. The first-order valence-electron chi connectivity index (χ1n) is 5.99. The smallest absolute Gasteiger partial charge is 0.265 e. The van der Waals surface area contributed by atoms with Crippen LogP contribution in [-0.4, -0.2) is 30.1 Å².